The number of rotatable bonds is 4. The molecule has 1 aromatic carbocycles. The largest absolute Gasteiger partial charge is 0.261 e. The molecule has 0 saturated heterocycles. The predicted molar refractivity (Wildman–Crippen MR) is 79.6 cm³/mol. The Balaban J connectivity index is 1.68. The molecule has 0 amide bonds. The standard InChI is InChI=1S/C17H18ClN/c1-12(16-9-5-6-10-19-16)17(18)15-11-14(15)13-7-3-2-4-8-13/h2-10,12,14-15,17H,11H2,1H3. The van der Waals surface area contributed by atoms with Crippen LogP contribution in [0, 0.1) is 5.92 Å². The first kappa shape index (κ1) is 12.7. The second-order valence-electron chi connectivity index (χ2n) is 5.40. The zero-order valence-electron chi connectivity index (χ0n) is 11.0. The number of hydrogen-bond donors (Lipinski definition) is 0. The Morgan fingerprint density at radius 1 is 1.11 bits per heavy atom. The van der Waals surface area contributed by atoms with E-state index in [1.165, 1.54) is 12.0 Å². The number of halogens is 1. The van der Waals surface area contributed by atoms with Crippen LogP contribution in [-0.4, -0.2) is 10.4 Å². The summed E-state index contributed by atoms with van der Waals surface area (Å²) in [5.41, 5.74) is 2.52. The summed E-state index contributed by atoms with van der Waals surface area (Å²) < 4.78 is 0. The molecule has 2 heteroatoms. The van der Waals surface area contributed by atoms with Gasteiger partial charge in [0.15, 0.2) is 0 Å². The highest BCUT2D eigenvalue weighted by Gasteiger charge is 2.45. The van der Waals surface area contributed by atoms with Gasteiger partial charge in [0.2, 0.25) is 0 Å². The van der Waals surface area contributed by atoms with Crippen molar-refractivity contribution < 1.29 is 0 Å². The van der Waals surface area contributed by atoms with Crippen LogP contribution in [0.3, 0.4) is 0 Å². The fourth-order valence-electron chi connectivity index (χ4n) is 2.83. The summed E-state index contributed by atoms with van der Waals surface area (Å²) in [5, 5.41) is 0.167. The minimum atomic E-state index is 0.167. The van der Waals surface area contributed by atoms with Crippen LogP contribution < -0.4 is 0 Å². The number of pyridine rings is 1. The van der Waals surface area contributed by atoms with E-state index in [1.807, 2.05) is 18.3 Å². The average molecular weight is 272 g/mol. The number of hydrogen-bond acceptors (Lipinski definition) is 1. The molecule has 0 aliphatic heterocycles. The minimum Gasteiger partial charge on any atom is -0.261 e. The minimum absolute atomic E-state index is 0.167. The van der Waals surface area contributed by atoms with Gasteiger partial charge < -0.3 is 0 Å². The van der Waals surface area contributed by atoms with E-state index in [2.05, 4.69) is 48.3 Å². The molecule has 4 atom stereocenters. The van der Waals surface area contributed by atoms with Crippen molar-refractivity contribution in [3.05, 3.63) is 66.0 Å². The fraction of sp³-hybridized carbons (Fsp3) is 0.353. The van der Waals surface area contributed by atoms with Crippen LogP contribution in [0.15, 0.2) is 54.7 Å². The molecule has 4 unspecified atom stereocenters. The highest BCUT2D eigenvalue weighted by atomic mass is 35.5. The maximum atomic E-state index is 6.67. The van der Waals surface area contributed by atoms with Gasteiger partial charge in [-0.15, -0.1) is 11.6 Å². The smallest absolute Gasteiger partial charge is 0.0451 e. The Labute approximate surface area is 119 Å². The third-order valence-corrected chi connectivity index (χ3v) is 4.81. The summed E-state index contributed by atoms with van der Waals surface area (Å²) in [7, 11) is 0. The molecule has 19 heavy (non-hydrogen) atoms. The Kier molecular flexibility index (Phi) is 3.56. The van der Waals surface area contributed by atoms with E-state index in [1.54, 1.807) is 0 Å². The number of aromatic nitrogens is 1. The first-order valence-electron chi connectivity index (χ1n) is 6.87. The van der Waals surface area contributed by atoms with Gasteiger partial charge in [0.25, 0.3) is 0 Å². The van der Waals surface area contributed by atoms with Crippen LogP contribution in [0.25, 0.3) is 0 Å². The SMILES string of the molecule is CC(c1ccccn1)C(Cl)C1CC1c1ccccc1. The summed E-state index contributed by atoms with van der Waals surface area (Å²) in [6, 6.07) is 16.7. The lowest BCUT2D eigenvalue weighted by Crippen LogP contribution is -2.14. The summed E-state index contributed by atoms with van der Waals surface area (Å²) >= 11 is 6.67. The molecular formula is C17H18ClN. The lowest BCUT2D eigenvalue weighted by Gasteiger charge is -2.17. The third kappa shape index (κ3) is 2.66. The molecule has 2 aromatic rings. The van der Waals surface area contributed by atoms with Gasteiger partial charge >= 0.3 is 0 Å². The number of benzene rings is 1. The van der Waals surface area contributed by atoms with Crippen LogP contribution in [0.5, 0.6) is 0 Å². The molecule has 1 aromatic heterocycles. The van der Waals surface area contributed by atoms with Crippen LogP contribution in [-0.2, 0) is 0 Å². The van der Waals surface area contributed by atoms with Crippen LogP contribution in [0.1, 0.15) is 36.4 Å². The Hall–Kier alpha value is -1.34. The molecule has 0 bridgehead atoms. The number of alkyl halides is 1. The zero-order valence-corrected chi connectivity index (χ0v) is 11.8. The van der Waals surface area contributed by atoms with E-state index in [9.17, 15) is 0 Å². The summed E-state index contributed by atoms with van der Waals surface area (Å²) in [6.45, 7) is 2.18. The van der Waals surface area contributed by atoms with Gasteiger partial charge in [0.05, 0.1) is 0 Å². The van der Waals surface area contributed by atoms with Crippen molar-refractivity contribution in [3.63, 3.8) is 0 Å². The quantitative estimate of drug-likeness (QED) is 0.741. The van der Waals surface area contributed by atoms with Crippen molar-refractivity contribution in [3.8, 4) is 0 Å². The molecule has 1 fully saturated rings. The van der Waals surface area contributed by atoms with E-state index in [-0.39, 0.29) is 5.38 Å². The highest BCUT2D eigenvalue weighted by Crippen LogP contribution is 2.53. The molecular weight excluding hydrogens is 254 g/mol. The van der Waals surface area contributed by atoms with Gasteiger partial charge in [0, 0.05) is 23.2 Å². The van der Waals surface area contributed by atoms with Crippen molar-refractivity contribution in [2.45, 2.75) is 30.6 Å². The van der Waals surface area contributed by atoms with Crippen molar-refractivity contribution in [1.29, 1.82) is 0 Å². The van der Waals surface area contributed by atoms with Gasteiger partial charge in [-0.25, -0.2) is 0 Å². The Bertz CT molecular complexity index is 525. The van der Waals surface area contributed by atoms with Gasteiger partial charge in [-0.3, -0.25) is 4.98 Å². The summed E-state index contributed by atoms with van der Waals surface area (Å²) in [6.07, 6.45) is 3.05. The molecule has 0 spiro atoms. The Morgan fingerprint density at radius 2 is 1.84 bits per heavy atom. The van der Waals surface area contributed by atoms with Crippen molar-refractivity contribution in [1.82, 2.24) is 4.98 Å². The van der Waals surface area contributed by atoms with Crippen LogP contribution >= 0.6 is 11.6 Å². The Morgan fingerprint density at radius 3 is 2.53 bits per heavy atom. The monoisotopic (exact) mass is 271 g/mol. The van der Waals surface area contributed by atoms with Crippen molar-refractivity contribution >= 4 is 11.6 Å². The van der Waals surface area contributed by atoms with Gasteiger partial charge in [0.1, 0.15) is 0 Å². The second kappa shape index (κ2) is 5.34. The molecule has 98 valence electrons. The predicted octanol–water partition coefficient (Wildman–Crippen LogP) is 4.60. The van der Waals surface area contributed by atoms with Gasteiger partial charge in [-0.1, -0.05) is 43.3 Å². The topological polar surface area (TPSA) is 12.9 Å². The van der Waals surface area contributed by atoms with E-state index in [4.69, 9.17) is 11.6 Å². The maximum absolute atomic E-state index is 6.67. The van der Waals surface area contributed by atoms with Gasteiger partial charge in [-0.2, -0.15) is 0 Å². The van der Waals surface area contributed by atoms with Crippen molar-refractivity contribution in [2.24, 2.45) is 5.92 Å². The third-order valence-electron chi connectivity index (χ3n) is 4.11. The van der Waals surface area contributed by atoms with Crippen LogP contribution in [0.2, 0.25) is 0 Å². The lowest BCUT2D eigenvalue weighted by atomic mass is 9.97. The van der Waals surface area contributed by atoms with Gasteiger partial charge in [-0.05, 0) is 36.0 Å². The molecule has 1 nitrogen and oxygen atoms in total. The molecule has 0 radical (unpaired) electrons. The maximum Gasteiger partial charge on any atom is 0.0451 e. The molecule has 1 heterocycles. The van der Waals surface area contributed by atoms with E-state index >= 15 is 0 Å². The second-order valence-corrected chi connectivity index (χ2v) is 5.91. The molecule has 1 aliphatic carbocycles. The average Bonchev–Trinajstić information content (AvgIpc) is 3.28. The summed E-state index contributed by atoms with van der Waals surface area (Å²) in [5.74, 6) is 1.53. The fourth-order valence-corrected chi connectivity index (χ4v) is 3.24. The van der Waals surface area contributed by atoms with E-state index in [0.717, 1.165) is 5.69 Å². The van der Waals surface area contributed by atoms with E-state index < -0.39 is 0 Å². The normalized spacial score (nSPS) is 24.7. The molecule has 1 saturated carbocycles. The van der Waals surface area contributed by atoms with E-state index in [0.29, 0.717) is 17.8 Å². The zero-order chi connectivity index (χ0) is 13.2. The summed E-state index contributed by atoms with van der Waals surface area (Å²) in [4.78, 5) is 4.42. The van der Waals surface area contributed by atoms with Crippen LogP contribution in [0.4, 0.5) is 0 Å². The molecule has 3 rings (SSSR count). The first-order chi connectivity index (χ1) is 9.27. The number of nitrogens with zero attached hydrogens (tertiary/aromatic N) is 1. The highest BCUT2D eigenvalue weighted by molar-refractivity contribution is 6.21. The van der Waals surface area contributed by atoms with Crippen molar-refractivity contribution in [2.75, 3.05) is 0 Å². The lowest BCUT2D eigenvalue weighted by molar-refractivity contribution is 0.604. The molecule has 0 N–H and O–H groups in total. The first-order valence-corrected chi connectivity index (χ1v) is 7.31. The molecule has 1 aliphatic rings.